The maximum Gasteiger partial charge on any atom is 0.252 e. The minimum Gasteiger partial charge on any atom is -0.352 e. The van der Waals surface area contributed by atoms with E-state index in [2.05, 4.69) is 35.2 Å². The van der Waals surface area contributed by atoms with E-state index in [1.807, 2.05) is 24.3 Å². The molecule has 1 heterocycles. The van der Waals surface area contributed by atoms with Crippen LogP contribution in [0, 0.1) is 17.3 Å². The van der Waals surface area contributed by atoms with E-state index in [0.717, 1.165) is 23.7 Å². The first kappa shape index (κ1) is 16.1. The zero-order chi connectivity index (χ0) is 17.4. The number of H-pyrrole nitrogens is 1. The molecular formula is C21H25N3O. The summed E-state index contributed by atoms with van der Waals surface area (Å²) < 4.78 is 0. The van der Waals surface area contributed by atoms with Gasteiger partial charge in [-0.3, -0.25) is 4.79 Å². The summed E-state index contributed by atoms with van der Waals surface area (Å²) in [7, 11) is 0. The zero-order valence-corrected chi connectivity index (χ0v) is 14.9. The Morgan fingerprint density at radius 2 is 2.20 bits per heavy atom. The fourth-order valence-corrected chi connectivity index (χ4v) is 4.47. The number of nitrogens with zero attached hydrogens (tertiary/aromatic N) is 1. The van der Waals surface area contributed by atoms with Gasteiger partial charge in [0.1, 0.15) is 5.82 Å². The van der Waals surface area contributed by atoms with Crippen LogP contribution >= 0.6 is 0 Å². The van der Waals surface area contributed by atoms with Gasteiger partial charge < -0.3 is 10.3 Å². The average Bonchev–Trinajstić information content (AvgIpc) is 3.16. The third-order valence-electron chi connectivity index (χ3n) is 6.21. The first-order valence-electron chi connectivity index (χ1n) is 9.13. The van der Waals surface area contributed by atoms with Gasteiger partial charge in [0.05, 0.1) is 5.56 Å². The molecule has 1 saturated carbocycles. The Balaban J connectivity index is 1.40. The van der Waals surface area contributed by atoms with Crippen LogP contribution in [0.25, 0.3) is 11.4 Å². The topological polar surface area (TPSA) is 57.8 Å². The molecule has 130 valence electrons. The molecule has 0 saturated heterocycles. The number of hydrogen-bond donors (Lipinski definition) is 2. The van der Waals surface area contributed by atoms with Crippen molar-refractivity contribution >= 4 is 5.91 Å². The minimum absolute atomic E-state index is 0.0332. The summed E-state index contributed by atoms with van der Waals surface area (Å²) >= 11 is 0. The molecule has 2 N–H and O–H groups in total. The predicted octanol–water partition coefficient (Wildman–Crippen LogP) is 4.19. The number of aromatic nitrogens is 2. The Morgan fingerprint density at radius 1 is 1.36 bits per heavy atom. The van der Waals surface area contributed by atoms with E-state index in [9.17, 15) is 4.79 Å². The maximum atomic E-state index is 12.6. The summed E-state index contributed by atoms with van der Waals surface area (Å²) in [5.41, 5.74) is 3.48. The first-order valence-corrected chi connectivity index (χ1v) is 9.13. The Labute approximate surface area is 148 Å². The summed E-state index contributed by atoms with van der Waals surface area (Å²) in [5, 5.41) is 3.09. The lowest BCUT2D eigenvalue weighted by molar-refractivity contribution is -0.00811. The number of benzene rings is 1. The lowest BCUT2D eigenvalue weighted by Gasteiger charge is -2.56. The average molecular weight is 335 g/mol. The van der Waals surface area contributed by atoms with E-state index in [4.69, 9.17) is 0 Å². The molecule has 1 aromatic heterocycles. The number of allylic oxidation sites excluding steroid dienone is 1. The molecule has 0 unspecified atom stereocenters. The van der Waals surface area contributed by atoms with Crippen LogP contribution in [0.4, 0.5) is 0 Å². The van der Waals surface area contributed by atoms with E-state index in [0.29, 0.717) is 23.4 Å². The number of imidazole rings is 1. The fourth-order valence-electron chi connectivity index (χ4n) is 4.47. The molecule has 25 heavy (non-hydrogen) atoms. The van der Waals surface area contributed by atoms with Crippen LogP contribution in [-0.2, 0) is 0 Å². The highest BCUT2D eigenvalue weighted by molar-refractivity contribution is 6.00. The molecule has 3 aliphatic rings. The molecule has 0 spiro atoms. The highest BCUT2D eigenvalue weighted by Crippen LogP contribution is 2.59. The summed E-state index contributed by atoms with van der Waals surface area (Å²) in [6.45, 7) is 5.46. The second-order valence-electron chi connectivity index (χ2n) is 7.81. The van der Waals surface area contributed by atoms with Crippen molar-refractivity contribution in [3.63, 3.8) is 0 Å². The van der Waals surface area contributed by atoms with Crippen molar-refractivity contribution in [2.75, 3.05) is 6.54 Å². The largest absolute Gasteiger partial charge is 0.352 e. The van der Waals surface area contributed by atoms with Gasteiger partial charge in [-0.2, -0.15) is 0 Å². The summed E-state index contributed by atoms with van der Waals surface area (Å²) in [6.07, 6.45) is 9.37. The quantitative estimate of drug-likeness (QED) is 0.805. The normalized spacial score (nSPS) is 23.5. The van der Waals surface area contributed by atoms with E-state index < -0.39 is 0 Å². The Bertz CT molecular complexity index is 804. The molecule has 2 bridgehead atoms. The standard InChI is InChI=1S/C21H25N3O/c1-21(2)15-8-7-14(18(21)13-15)9-10-24-20(25)17-6-4-3-5-16(17)19-22-11-12-23-19/h3-7,11-12,15,18H,8-10,13H2,1-2H3,(H,22,23)(H,24,25)/t15-,18-/m0/s1. The molecule has 2 atom stereocenters. The number of carbonyl (C=O) groups is 1. The van der Waals surface area contributed by atoms with Crippen LogP contribution in [0.15, 0.2) is 48.3 Å². The molecule has 5 rings (SSSR count). The second kappa shape index (κ2) is 6.17. The van der Waals surface area contributed by atoms with Gasteiger partial charge in [0.25, 0.3) is 5.91 Å². The van der Waals surface area contributed by atoms with Crippen LogP contribution < -0.4 is 5.32 Å². The number of nitrogens with one attached hydrogen (secondary N) is 2. The van der Waals surface area contributed by atoms with Gasteiger partial charge in [0.15, 0.2) is 0 Å². The van der Waals surface area contributed by atoms with Gasteiger partial charge in [0.2, 0.25) is 0 Å². The van der Waals surface area contributed by atoms with E-state index in [1.54, 1.807) is 12.4 Å². The SMILES string of the molecule is CC1(C)[C@H]2CC=C(CCNC(=O)c3ccccc3-c3ncc[nH]3)[C@@H]1C2. The highest BCUT2D eigenvalue weighted by atomic mass is 16.1. The third kappa shape index (κ3) is 2.80. The summed E-state index contributed by atoms with van der Waals surface area (Å²) in [5.74, 6) is 2.26. The summed E-state index contributed by atoms with van der Waals surface area (Å²) in [4.78, 5) is 20.0. The van der Waals surface area contributed by atoms with E-state index >= 15 is 0 Å². The maximum absolute atomic E-state index is 12.6. The molecule has 3 aliphatic carbocycles. The monoisotopic (exact) mass is 335 g/mol. The second-order valence-corrected chi connectivity index (χ2v) is 7.81. The van der Waals surface area contributed by atoms with Gasteiger partial charge in [-0.05, 0) is 42.6 Å². The molecule has 1 amide bonds. The van der Waals surface area contributed by atoms with Crippen molar-refractivity contribution < 1.29 is 4.79 Å². The van der Waals surface area contributed by atoms with Crippen LogP contribution in [-0.4, -0.2) is 22.4 Å². The van der Waals surface area contributed by atoms with Gasteiger partial charge in [-0.15, -0.1) is 0 Å². The fraction of sp³-hybridized carbons (Fsp3) is 0.429. The number of hydrogen-bond acceptors (Lipinski definition) is 2. The number of aromatic amines is 1. The lowest BCUT2D eigenvalue weighted by Crippen LogP contribution is -2.48. The van der Waals surface area contributed by atoms with Crippen LogP contribution in [0.1, 0.15) is 43.5 Å². The Hall–Kier alpha value is -2.36. The highest BCUT2D eigenvalue weighted by Gasteiger charge is 2.50. The minimum atomic E-state index is -0.0332. The lowest BCUT2D eigenvalue weighted by atomic mass is 9.48. The first-order chi connectivity index (χ1) is 12.1. The molecular weight excluding hydrogens is 310 g/mol. The molecule has 0 radical (unpaired) electrons. The van der Waals surface area contributed by atoms with Gasteiger partial charge in [-0.1, -0.05) is 43.7 Å². The van der Waals surface area contributed by atoms with Crippen molar-refractivity contribution in [1.29, 1.82) is 0 Å². The Morgan fingerprint density at radius 3 is 2.92 bits per heavy atom. The van der Waals surface area contributed by atoms with Crippen molar-refractivity contribution in [3.05, 3.63) is 53.9 Å². The van der Waals surface area contributed by atoms with Crippen molar-refractivity contribution in [1.82, 2.24) is 15.3 Å². The van der Waals surface area contributed by atoms with Gasteiger partial charge >= 0.3 is 0 Å². The molecule has 1 fully saturated rings. The van der Waals surface area contributed by atoms with Crippen LogP contribution in [0.2, 0.25) is 0 Å². The number of carbonyl (C=O) groups excluding carboxylic acids is 1. The summed E-state index contributed by atoms with van der Waals surface area (Å²) in [6, 6.07) is 7.60. The molecule has 2 aromatic rings. The van der Waals surface area contributed by atoms with Crippen molar-refractivity contribution in [3.8, 4) is 11.4 Å². The molecule has 4 nitrogen and oxygen atoms in total. The number of amides is 1. The Kier molecular flexibility index (Phi) is 3.98. The number of fused-ring (bicyclic) bond motifs is 1. The number of rotatable bonds is 5. The van der Waals surface area contributed by atoms with Crippen LogP contribution in [0.3, 0.4) is 0 Å². The van der Waals surface area contributed by atoms with Crippen molar-refractivity contribution in [2.24, 2.45) is 17.3 Å². The molecule has 0 aliphatic heterocycles. The van der Waals surface area contributed by atoms with Crippen molar-refractivity contribution in [2.45, 2.75) is 33.1 Å². The van der Waals surface area contributed by atoms with Gasteiger partial charge in [-0.25, -0.2) is 4.98 Å². The molecule has 1 aromatic carbocycles. The van der Waals surface area contributed by atoms with Crippen LogP contribution in [0.5, 0.6) is 0 Å². The third-order valence-corrected chi connectivity index (χ3v) is 6.21. The molecule has 4 heteroatoms. The van der Waals surface area contributed by atoms with Gasteiger partial charge in [0, 0.05) is 24.5 Å². The van der Waals surface area contributed by atoms with E-state index in [-0.39, 0.29) is 5.91 Å². The predicted molar refractivity (Wildman–Crippen MR) is 99.1 cm³/mol. The smallest absolute Gasteiger partial charge is 0.252 e. The zero-order valence-electron chi connectivity index (χ0n) is 14.9. The van der Waals surface area contributed by atoms with E-state index in [1.165, 1.54) is 18.4 Å².